The summed E-state index contributed by atoms with van der Waals surface area (Å²) in [5.74, 6) is 0.290. The molecule has 148 valence electrons. The minimum Gasteiger partial charge on any atom is -0.376 e. The molecule has 0 unspecified atom stereocenters. The first-order chi connectivity index (χ1) is 13.6. The van der Waals surface area contributed by atoms with Gasteiger partial charge in [0, 0.05) is 17.6 Å². The molecule has 1 fully saturated rings. The fourth-order valence-corrected chi connectivity index (χ4v) is 4.12. The number of aromatic nitrogens is 1. The molecule has 1 aliphatic rings. The second kappa shape index (κ2) is 8.50. The highest BCUT2D eigenvalue weighted by Crippen LogP contribution is 2.24. The van der Waals surface area contributed by atoms with Crippen LogP contribution >= 0.6 is 11.6 Å². The van der Waals surface area contributed by atoms with Gasteiger partial charge in [-0.25, -0.2) is 4.39 Å². The van der Waals surface area contributed by atoms with Gasteiger partial charge in [0.15, 0.2) is 5.58 Å². The Morgan fingerprint density at radius 2 is 1.86 bits per heavy atom. The molecule has 3 aromatic rings. The van der Waals surface area contributed by atoms with Crippen LogP contribution in [-0.2, 0) is 13.1 Å². The highest BCUT2D eigenvalue weighted by molar-refractivity contribution is 6.30. The summed E-state index contributed by atoms with van der Waals surface area (Å²) >= 11 is 5.95. The van der Waals surface area contributed by atoms with Crippen molar-refractivity contribution in [3.05, 3.63) is 69.2 Å². The van der Waals surface area contributed by atoms with Gasteiger partial charge >= 0.3 is 0 Å². The van der Waals surface area contributed by atoms with E-state index in [0.717, 1.165) is 37.5 Å². The number of fused-ring (bicyclic) bond motifs is 1. The Morgan fingerprint density at radius 3 is 2.61 bits per heavy atom. The lowest BCUT2D eigenvalue weighted by Crippen LogP contribution is -2.33. The van der Waals surface area contributed by atoms with Gasteiger partial charge in [0.1, 0.15) is 5.82 Å². The number of hydrogen-bond donors (Lipinski definition) is 0. The van der Waals surface area contributed by atoms with E-state index in [0.29, 0.717) is 23.4 Å². The quantitative estimate of drug-likeness (QED) is 0.577. The predicted octanol–water partition coefficient (Wildman–Crippen LogP) is 5.08. The van der Waals surface area contributed by atoms with Gasteiger partial charge in [-0.05, 0) is 74.5 Å². The van der Waals surface area contributed by atoms with Crippen LogP contribution in [0.25, 0.3) is 11.0 Å². The van der Waals surface area contributed by atoms with Crippen molar-refractivity contribution in [3.8, 4) is 0 Å². The monoisotopic (exact) mass is 402 g/mol. The molecule has 0 atom stereocenters. The summed E-state index contributed by atoms with van der Waals surface area (Å²) in [6.07, 6.45) is 4.32. The zero-order valence-corrected chi connectivity index (χ0v) is 16.5. The molecule has 0 aliphatic carbocycles. The molecule has 1 aromatic heterocycles. The average Bonchev–Trinajstić information content (AvgIpc) is 3.00. The van der Waals surface area contributed by atoms with Gasteiger partial charge in [-0.2, -0.15) is 4.74 Å². The van der Waals surface area contributed by atoms with E-state index < -0.39 is 5.82 Å². The molecular weight excluding hydrogens is 379 g/mol. The van der Waals surface area contributed by atoms with Gasteiger partial charge in [0.25, 0.3) is 5.56 Å². The van der Waals surface area contributed by atoms with Crippen LogP contribution in [0.15, 0.2) is 51.8 Å². The Balaban J connectivity index is 1.24. The van der Waals surface area contributed by atoms with Crippen LogP contribution in [0.3, 0.4) is 0 Å². The van der Waals surface area contributed by atoms with E-state index in [1.54, 1.807) is 0 Å². The average molecular weight is 403 g/mol. The summed E-state index contributed by atoms with van der Waals surface area (Å²) in [4.78, 5) is 14.8. The van der Waals surface area contributed by atoms with E-state index in [9.17, 15) is 9.18 Å². The molecule has 0 radical (unpaired) electrons. The summed E-state index contributed by atoms with van der Waals surface area (Å²) in [5.41, 5.74) is 1.44. The Bertz CT molecular complexity index is 988. The van der Waals surface area contributed by atoms with E-state index in [1.165, 1.54) is 41.3 Å². The first-order valence-electron chi connectivity index (χ1n) is 9.85. The number of aryl methyl sites for hydroxylation is 1. The Hall–Kier alpha value is -2.11. The zero-order valence-electron chi connectivity index (χ0n) is 15.7. The van der Waals surface area contributed by atoms with Gasteiger partial charge in [-0.3, -0.25) is 9.69 Å². The SMILES string of the molecule is O=c1c2ccc(F)cc2on1CCCC1CCN(Cc2ccc(Cl)cc2)CC1. The molecule has 1 aliphatic heterocycles. The third-order valence-electron chi connectivity index (χ3n) is 5.61. The summed E-state index contributed by atoms with van der Waals surface area (Å²) < 4.78 is 20.1. The second-order valence-electron chi connectivity index (χ2n) is 7.63. The van der Waals surface area contributed by atoms with Crippen LogP contribution in [0.4, 0.5) is 4.39 Å². The van der Waals surface area contributed by atoms with E-state index in [2.05, 4.69) is 17.0 Å². The van der Waals surface area contributed by atoms with E-state index in [4.69, 9.17) is 16.1 Å². The molecule has 4 rings (SSSR count). The molecule has 6 heteroatoms. The fourth-order valence-electron chi connectivity index (χ4n) is 3.99. The van der Waals surface area contributed by atoms with Crippen molar-refractivity contribution in [3.63, 3.8) is 0 Å². The summed E-state index contributed by atoms with van der Waals surface area (Å²) in [6.45, 7) is 3.70. The third-order valence-corrected chi connectivity index (χ3v) is 5.86. The number of hydrogen-bond acceptors (Lipinski definition) is 3. The normalized spacial score (nSPS) is 16.1. The van der Waals surface area contributed by atoms with Crippen LogP contribution < -0.4 is 5.56 Å². The van der Waals surface area contributed by atoms with Crippen LogP contribution in [0.2, 0.25) is 5.02 Å². The van der Waals surface area contributed by atoms with Crippen molar-refractivity contribution in [1.82, 2.24) is 9.64 Å². The molecule has 1 saturated heterocycles. The van der Waals surface area contributed by atoms with E-state index >= 15 is 0 Å². The molecule has 0 spiro atoms. The van der Waals surface area contributed by atoms with Crippen LogP contribution in [0.5, 0.6) is 0 Å². The number of nitrogens with zero attached hydrogens (tertiary/aromatic N) is 2. The van der Waals surface area contributed by atoms with Crippen molar-refractivity contribution >= 4 is 22.6 Å². The number of halogens is 2. The number of piperidine rings is 1. The van der Waals surface area contributed by atoms with Gasteiger partial charge in [-0.1, -0.05) is 23.7 Å². The summed E-state index contributed by atoms with van der Waals surface area (Å²) in [5, 5.41) is 1.22. The van der Waals surface area contributed by atoms with E-state index in [1.807, 2.05) is 12.1 Å². The minimum absolute atomic E-state index is 0.173. The third kappa shape index (κ3) is 4.47. The van der Waals surface area contributed by atoms with E-state index in [-0.39, 0.29) is 5.56 Å². The highest BCUT2D eigenvalue weighted by Gasteiger charge is 2.19. The highest BCUT2D eigenvalue weighted by atomic mass is 35.5. The smallest absolute Gasteiger partial charge is 0.290 e. The van der Waals surface area contributed by atoms with Crippen molar-refractivity contribution in [2.45, 2.75) is 38.8 Å². The summed E-state index contributed by atoms with van der Waals surface area (Å²) in [6, 6.07) is 12.1. The molecule has 0 amide bonds. The molecule has 2 aromatic carbocycles. The maximum Gasteiger partial charge on any atom is 0.290 e. The van der Waals surface area contributed by atoms with Crippen LogP contribution in [-0.4, -0.2) is 22.7 Å². The lowest BCUT2D eigenvalue weighted by Gasteiger charge is -2.32. The molecule has 2 heterocycles. The Kier molecular flexibility index (Phi) is 5.83. The van der Waals surface area contributed by atoms with Crippen LogP contribution in [0.1, 0.15) is 31.2 Å². The van der Waals surface area contributed by atoms with Crippen molar-refractivity contribution < 1.29 is 8.91 Å². The largest absolute Gasteiger partial charge is 0.376 e. The van der Waals surface area contributed by atoms with Gasteiger partial charge in [0.05, 0.1) is 11.9 Å². The second-order valence-corrected chi connectivity index (χ2v) is 8.06. The fraction of sp³-hybridized carbons (Fsp3) is 0.409. The van der Waals surface area contributed by atoms with Gasteiger partial charge in [-0.15, -0.1) is 0 Å². The number of benzene rings is 2. The molecule has 0 saturated carbocycles. The van der Waals surface area contributed by atoms with Crippen molar-refractivity contribution in [1.29, 1.82) is 0 Å². The van der Waals surface area contributed by atoms with Gasteiger partial charge < -0.3 is 4.52 Å². The standard InChI is InChI=1S/C22H24ClFN2O2/c23-18-5-3-17(4-6-18)15-25-12-9-16(10-13-25)2-1-11-26-22(27)20-8-7-19(24)14-21(20)28-26/h3-8,14,16H,1-2,9-13,15H2. The first-order valence-corrected chi connectivity index (χ1v) is 10.2. The van der Waals surface area contributed by atoms with Crippen LogP contribution in [0, 0.1) is 11.7 Å². The molecular formula is C22H24ClFN2O2. The Labute approximate surface area is 168 Å². The summed E-state index contributed by atoms with van der Waals surface area (Å²) in [7, 11) is 0. The van der Waals surface area contributed by atoms with Gasteiger partial charge in [0.2, 0.25) is 0 Å². The zero-order chi connectivity index (χ0) is 19.5. The maximum atomic E-state index is 13.3. The van der Waals surface area contributed by atoms with Crippen molar-refractivity contribution in [2.75, 3.05) is 13.1 Å². The lowest BCUT2D eigenvalue weighted by molar-refractivity contribution is 0.166. The topological polar surface area (TPSA) is 38.4 Å². The number of likely N-dealkylation sites (tertiary alicyclic amines) is 1. The lowest BCUT2D eigenvalue weighted by atomic mass is 9.92. The Morgan fingerprint density at radius 1 is 1.11 bits per heavy atom. The number of rotatable bonds is 6. The van der Waals surface area contributed by atoms with Crippen molar-refractivity contribution in [2.24, 2.45) is 5.92 Å². The predicted molar refractivity (Wildman–Crippen MR) is 109 cm³/mol. The minimum atomic E-state index is -0.390. The molecule has 0 bridgehead atoms. The first kappa shape index (κ1) is 19.2. The molecule has 0 N–H and O–H groups in total. The molecule has 28 heavy (non-hydrogen) atoms. The molecule has 4 nitrogen and oxygen atoms in total. The maximum absolute atomic E-state index is 13.3.